The Morgan fingerprint density at radius 1 is 0.909 bits per heavy atom. The first-order chi connectivity index (χ1) is 8.16. The van der Waals surface area contributed by atoms with Gasteiger partial charge in [0.05, 0.1) is 21.0 Å². The van der Waals surface area contributed by atoms with Crippen LogP contribution in [0.2, 0.25) is 0 Å². The van der Waals surface area contributed by atoms with Gasteiger partial charge in [-0.05, 0) is 18.2 Å². The number of benzene rings is 1. The topological polar surface area (TPSA) is 239 Å². The predicted molar refractivity (Wildman–Crippen MR) is 73.0 cm³/mol. The third-order valence-corrected chi connectivity index (χ3v) is 1.65. The van der Waals surface area contributed by atoms with Gasteiger partial charge in [0.1, 0.15) is 0 Å². The monoisotopic (exact) mass is 711 g/mol. The number of hydrogen-bond donors (Lipinski definition) is 0. The van der Waals surface area contributed by atoms with Gasteiger partial charge in [0.25, 0.3) is 11.4 Å². The van der Waals surface area contributed by atoms with Crippen LogP contribution in [0, 0.1) is 42.5 Å². The third kappa shape index (κ3) is 11.4. The Labute approximate surface area is 162 Å². The molecule has 0 fully saturated rings. The molecule has 0 aliphatic carbocycles. The fourth-order valence-corrected chi connectivity index (χ4v) is 0.978. The molecule has 0 aliphatic heterocycles. The SMILES string of the molecule is Cc1cc([N+](=O)[O-])cc([N+](=O)[O-])c1[O-].O.O.O=[N+]([O-])[O-].[Pb+2].[Pb]. The van der Waals surface area contributed by atoms with E-state index in [-0.39, 0.29) is 71.1 Å². The van der Waals surface area contributed by atoms with Crippen LogP contribution in [-0.4, -0.2) is 80.5 Å². The largest absolute Gasteiger partial charge is 2.00 e. The average Bonchev–Trinajstić information content (AvgIpc) is 2.20. The normalized spacial score (nSPS) is 7.32. The average molecular weight is 710 g/mol. The summed E-state index contributed by atoms with van der Waals surface area (Å²) >= 11 is 0. The van der Waals surface area contributed by atoms with Crippen molar-refractivity contribution in [1.29, 1.82) is 0 Å². The van der Waals surface area contributed by atoms with Crippen LogP contribution in [0.4, 0.5) is 11.4 Å². The number of aryl methyl sites for hydroxylation is 1. The first-order valence-corrected chi connectivity index (χ1v) is 4.08. The van der Waals surface area contributed by atoms with Gasteiger partial charge in [-0.2, -0.15) is 0 Å². The van der Waals surface area contributed by atoms with Crippen molar-refractivity contribution in [3.05, 3.63) is 53.2 Å². The molecule has 0 unspecified atom stereocenters. The molecule has 0 saturated carbocycles. The van der Waals surface area contributed by atoms with Crippen LogP contribution in [0.15, 0.2) is 12.1 Å². The maximum Gasteiger partial charge on any atom is 2.00 e. The molecular formula is C7H9N3O10Pb2. The van der Waals surface area contributed by atoms with Crippen molar-refractivity contribution in [2.24, 2.45) is 0 Å². The summed E-state index contributed by atoms with van der Waals surface area (Å²) < 4.78 is 0. The summed E-state index contributed by atoms with van der Waals surface area (Å²) in [5.41, 5.74) is -1.23. The van der Waals surface area contributed by atoms with Crippen LogP contribution < -0.4 is 5.11 Å². The molecule has 4 N–H and O–H groups in total. The number of rotatable bonds is 2. The van der Waals surface area contributed by atoms with Crippen LogP contribution in [0.1, 0.15) is 5.56 Å². The summed E-state index contributed by atoms with van der Waals surface area (Å²) in [4.78, 5) is 27.2. The molecule has 15 heteroatoms. The van der Waals surface area contributed by atoms with Crippen LogP contribution in [0.25, 0.3) is 0 Å². The summed E-state index contributed by atoms with van der Waals surface area (Å²) in [6, 6.07) is 1.67. The molecule has 1 rings (SSSR count). The van der Waals surface area contributed by atoms with Crippen LogP contribution in [0.3, 0.4) is 0 Å². The second kappa shape index (κ2) is 14.7. The van der Waals surface area contributed by atoms with Crippen LogP contribution in [-0.2, 0) is 0 Å². The number of non-ortho nitro benzene ring substituents is 1. The van der Waals surface area contributed by atoms with E-state index in [9.17, 15) is 25.3 Å². The number of hydrogen-bond acceptors (Lipinski definition) is 8. The Kier molecular flexibility index (Phi) is 21.8. The quantitative estimate of drug-likeness (QED) is 0.193. The predicted octanol–water partition coefficient (Wildman–Crippen LogP) is -1.77. The summed E-state index contributed by atoms with van der Waals surface area (Å²) in [6.07, 6.45) is 0. The molecule has 0 spiro atoms. The van der Waals surface area contributed by atoms with Crippen molar-refractivity contribution in [2.45, 2.75) is 6.92 Å². The van der Waals surface area contributed by atoms with Crippen molar-refractivity contribution in [3.63, 3.8) is 0 Å². The fourth-order valence-electron chi connectivity index (χ4n) is 0.978. The van der Waals surface area contributed by atoms with Crippen molar-refractivity contribution in [3.8, 4) is 5.75 Å². The van der Waals surface area contributed by atoms with E-state index in [1.54, 1.807) is 0 Å². The van der Waals surface area contributed by atoms with Gasteiger partial charge in [-0.25, -0.2) is 0 Å². The molecule has 0 bridgehead atoms. The third-order valence-electron chi connectivity index (χ3n) is 1.65. The standard InChI is InChI=1S/C7H6N2O5.NO3.2H2O.2Pb/c1-4-2-5(8(11)12)3-6(7(4)10)9(13)14;2-1(3)4;;;;/h2-3,10H,1H3;;2*1H2;;/q;-1;;;;+2/p-1. The smallest absolute Gasteiger partial charge is 0.868 e. The zero-order valence-corrected chi connectivity index (χ0v) is 18.5. The van der Waals surface area contributed by atoms with Gasteiger partial charge in [0.2, 0.25) is 0 Å². The van der Waals surface area contributed by atoms with Crippen molar-refractivity contribution >= 4 is 66.0 Å². The summed E-state index contributed by atoms with van der Waals surface area (Å²) in [5, 5.41) is 46.5. The van der Waals surface area contributed by atoms with E-state index in [0.717, 1.165) is 6.07 Å². The van der Waals surface area contributed by atoms with E-state index in [2.05, 4.69) is 0 Å². The van der Waals surface area contributed by atoms with E-state index in [4.69, 9.17) is 15.3 Å². The molecule has 0 atom stereocenters. The fraction of sp³-hybridized carbons (Fsp3) is 0.143. The number of nitro benzene ring substituents is 2. The first kappa shape index (κ1) is 32.7. The van der Waals surface area contributed by atoms with E-state index in [1.165, 1.54) is 6.92 Å². The molecule has 0 amide bonds. The van der Waals surface area contributed by atoms with E-state index in [1.807, 2.05) is 0 Å². The Bertz CT molecular complexity index is 508. The van der Waals surface area contributed by atoms with Crippen LogP contribution >= 0.6 is 0 Å². The van der Waals surface area contributed by atoms with Gasteiger partial charge in [-0.15, -0.1) is 0 Å². The molecule has 13 nitrogen and oxygen atoms in total. The Hall–Kier alpha value is -1.22. The van der Waals surface area contributed by atoms with E-state index < -0.39 is 32.1 Å². The van der Waals surface area contributed by atoms with Gasteiger partial charge < -0.3 is 31.4 Å². The zero-order valence-electron chi connectivity index (χ0n) is 10.8. The van der Waals surface area contributed by atoms with Crippen molar-refractivity contribution < 1.29 is 31.0 Å². The molecule has 0 aliphatic rings. The van der Waals surface area contributed by atoms with Crippen LogP contribution in [0.5, 0.6) is 5.75 Å². The minimum atomic E-state index is -1.75. The van der Waals surface area contributed by atoms with E-state index in [0.29, 0.717) is 6.07 Å². The van der Waals surface area contributed by atoms with Gasteiger partial charge in [-0.3, -0.25) is 20.2 Å². The molecule has 1 aromatic rings. The zero-order chi connectivity index (χ0) is 14.5. The Balaban J connectivity index is -0.000000109. The molecule has 6 radical (unpaired) electrons. The van der Waals surface area contributed by atoms with Crippen molar-refractivity contribution in [2.75, 3.05) is 0 Å². The molecule has 0 aromatic heterocycles. The second-order valence-corrected chi connectivity index (χ2v) is 2.85. The minimum Gasteiger partial charge on any atom is -0.868 e. The summed E-state index contributed by atoms with van der Waals surface area (Å²) in [7, 11) is 0. The van der Waals surface area contributed by atoms with Crippen molar-refractivity contribution in [1.82, 2.24) is 0 Å². The number of nitro groups is 2. The van der Waals surface area contributed by atoms with Gasteiger partial charge in [-0.1, -0.05) is 0 Å². The molecular weight excluding hydrogens is 700 g/mol. The minimum absolute atomic E-state index is 0. The molecule has 0 heterocycles. The Morgan fingerprint density at radius 3 is 1.55 bits per heavy atom. The summed E-state index contributed by atoms with van der Waals surface area (Å²) in [5.74, 6) is -0.791. The Morgan fingerprint density at radius 2 is 1.27 bits per heavy atom. The molecule has 120 valence electrons. The molecule has 22 heavy (non-hydrogen) atoms. The number of nitrogens with zero attached hydrogens (tertiary/aromatic N) is 3. The molecule has 1 aromatic carbocycles. The first-order valence-electron chi connectivity index (χ1n) is 4.08. The summed E-state index contributed by atoms with van der Waals surface area (Å²) in [6.45, 7) is 1.29. The van der Waals surface area contributed by atoms with E-state index >= 15 is 0 Å². The maximum atomic E-state index is 11.1. The van der Waals surface area contributed by atoms with Gasteiger partial charge >= 0.3 is 27.3 Å². The molecule has 0 saturated heterocycles. The second-order valence-electron chi connectivity index (χ2n) is 2.85. The van der Waals surface area contributed by atoms with Gasteiger partial charge in [0.15, 0.2) is 0 Å². The van der Waals surface area contributed by atoms with Gasteiger partial charge in [0, 0.05) is 33.4 Å². The maximum absolute atomic E-state index is 11.1.